The highest BCUT2D eigenvalue weighted by Gasteiger charge is 2.68. The molecular formula is C34H46O2S. The third-order valence-corrected chi connectivity index (χ3v) is 10.5. The van der Waals surface area contributed by atoms with Crippen molar-refractivity contribution in [3.63, 3.8) is 0 Å². The van der Waals surface area contributed by atoms with E-state index in [1.807, 2.05) is 24.3 Å². The van der Waals surface area contributed by atoms with Crippen LogP contribution in [0.1, 0.15) is 109 Å². The largest absolute Gasteiger partial charge is 0.508 e. The summed E-state index contributed by atoms with van der Waals surface area (Å²) in [6.07, 6.45) is 22.0. The van der Waals surface area contributed by atoms with Crippen molar-refractivity contribution in [2.24, 2.45) is 11.3 Å². The molecule has 1 aliphatic heterocycles. The minimum absolute atomic E-state index is 0.0862. The fourth-order valence-corrected chi connectivity index (χ4v) is 8.39. The van der Waals surface area contributed by atoms with E-state index in [4.69, 9.17) is 6.42 Å². The minimum atomic E-state index is -0.398. The maximum Gasteiger partial charge on any atom is 0.116 e. The van der Waals surface area contributed by atoms with Crippen LogP contribution in [0.25, 0.3) is 0 Å². The molecule has 4 rings (SSSR count). The Hall–Kier alpha value is -2.05. The summed E-state index contributed by atoms with van der Waals surface area (Å²) in [7, 11) is 0. The van der Waals surface area contributed by atoms with Crippen molar-refractivity contribution in [2.45, 2.75) is 114 Å². The average molecular weight is 519 g/mol. The van der Waals surface area contributed by atoms with E-state index in [9.17, 15) is 10.2 Å². The number of hydrogen-bond donors (Lipinski definition) is 2. The number of benzene rings is 2. The molecule has 1 fully saturated rings. The van der Waals surface area contributed by atoms with Gasteiger partial charge < -0.3 is 10.2 Å². The molecule has 2 N–H and O–H groups in total. The van der Waals surface area contributed by atoms with E-state index in [-0.39, 0.29) is 11.2 Å². The Morgan fingerprint density at radius 1 is 0.919 bits per heavy atom. The SMILES string of the molecule is C#C[C@]1(c2ccc(O)cc2)CSc2cc(O)ccc2C12CC2CCCCCCCCC(C)(C)CCCC. The number of rotatable bonds is 13. The molecule has 0 aromatic heterocycles. The van der Waals surface area contributed by atoms with Crippen molar-refractivity contribution >= 4 is 11.8 Å². The molecule has 0 amide bonds. The number of aromatic hydroxyl groups is 2. The molecule has 3 atom stereocenters. The van der Waals surface area contributed by atoms with E-state index in [0.29, 0.717) is 17.1 Å². The first-order chi connectivity index (χ1) is 17.8. The fraction of sp³-hybridized carbons (Fsp3) is 0.588. The first-order valence-corrected chi connectivity index (χ1v) is 15.5. The second-order valence-corrected chi connectivity index (χ2v) is 13.4. The van der Waals surface area contributed by atoms with E-state index in [1.165, 1.54) is 81.1 Å². The molecule has 2 aromatic carbocycles. The maximum atomic E-state index is 10.1. The molecule has 2 nitrogen and oxygen atoms in total. The van der Waals surface area contributed by atoms with Crippen molar-refractivity contribution in [1.82, 2.24) is 0 Å². The summed E-state index contributed by atoms with van der Waals surface area (Å²) >= 11 is 1.76. The smallest absolute Gasteiger partial charge is 0.116 e. The molecule has 1 aliphatic carbocycles. The first-order valence-electron chi connectivity index (χ1n) is 14.5. The van der Waals surface area contributed by atoms with Gasteiger partial charge in [0.25, 0.3) is 0 Å². The lowest BCUT2D eigenvalue weighted by Gasteiger charge is -2.43. The zero-order valence-corrected chi connectivity index (χ0v) is 24.0. The van der Waals surface area contributed by atoms with Crippen LogP contribution in [0.5, 0.6) is 11.5 Å². The van der Waals surface area contributed by atoms with Crippen LogP contribution >= 0.6 is 11.8 Å². The molecule has 37 heavy (non-hydrogen) atoms. The van der Waals surface area contributed by atoms with Crippen LogP contribution in [0.2, 0.25) is 0 Å². The lowest BCUT2D eigenvalue weighted by Crippen LogP contribution is -2.45. The van der Waals surface area contributed by atoms with Gasteiger partial charge in [-0.2, -0.15) is 0 Å². The Bertz CT molecular complexity index is 1080. The molecule has 200 valence electrons. The van der Waals surface area contributed by atoms with Crippen LogP contribution in [0.3, 0.4) is 0 Å². The van der Waals surface area contributed by atoms with E-state index >= 15 is 0 Å². The van der Waals surface area contributed by atoms with Crippen LogP contribution in [0.4, 0.5) is 0 Å². The van der Waals surface area contributed by atoms with Crippen LogP contribution in [0.15, 0.2) is 47.4 Å². The number of unbranched alkanes of at least 4 members (excludes halogenated alkanes) is 6. The second kappa shape index (κ2) is 11.8. The summed E-state index contributed by atoms with van der Waals surface area (Å²) < 4.78 is 0. The van der Waals surface area contributed by atoms with Gasteiger partial charge >= 0.3 is 0 Å². The monoisotopic (exact) mass is 518 g/mol. The molecule has 0 bridgehead atoms. The highest BCUT2D eigenvalue weighted by atomic mass is 32.2. The van der Waals surface area contributed by atoms with E-state index in [1.54, 1.807) is 23.9 Å². The minimum Gasteiger partial charge on any atom is -0.508 e. The highest BCUT2D eigenvalue weighted by Crippen LogP contribution is 2.70. The summed E-state index contributed by atoms with van der Waals surface area (Å²) in [5.41, 5.74) is 2.45. The molecule has 2 unspecified atom stereocenters. The second-order valence-electron chi connectivity index (χ2n) is 12.4. The van der Waals surface area contributed by atoms with Gasteiger partial charge in [-0.1, -0.05) is 96.3 Å². The highest BCUT2D eigenvalue weighted by molar-refractivity contribution is 7.99. The topological polar surface area (TPSA) is 40.5 Å². The van der Waals surface area contributed by atoms with Gasteiger partial charge in [0.1, 0.15) is 11.5 Å². The Balaban J connectivity index is 1.36. The summed E-state index contributed by atoms with van der Waals surface area (Å²) in [4.78, 5) is 1.18. The number of phenols is 2. The lowest BCUT2D eigenvalue weighted by atomic mass is 9.64. The van der Waals surface area contributed by atoms with Gasteiger partial charge in [0.05, 0.1) is 5.41 Å². The Morgan fingerprint density at radius 2 is 1.57 bits per heavy atom. The number of terminal acetylenes is 1. The summed E-state index contributed by atoms with van der Waals surface area (Å²) in [5, 5.41) is 20.1. The summed E-state index contributed by atoms with van der Waals surface area (Å²) in [6.45, 7) is 7.16. The van der Waals surface area contributed by atoms with E-state index < -0.39 is 5.41 Å². The zero-order valence-electron chi connectivity index (χ0n) is 23.2. The van der Waals surface area contributed by atoms with Gasteiger partial charge in [0.2, 0.25) is 0 Å². The van der Waals surface area contributed by atoms with E-state index in [2.05, 4.69) is 32.8 Å². The van der Waals surface area contributed by atoms with Crippen molar-refractivity contribution in [3.8, 4) is 23.8 Å². The molecule has 2 aromatic rings. The van der Waals surface area contributed by atoms with E-state index in [0.717, 1.165) is 17.7 Å². The van der Waals surface area contributed by atoms with Gasteiger partial charge in [-0.25, -0.2) is 0 Å². The predicted octanol–water partition coefficient (Wildman–Crippen LogP) is 9.37. The Labute approximate surface area is 229 Å². The van der Waals surface area contributed by atoms with Crippen LogP contribution in [-0.4, -0.2) is 16.0 Å². The van der Waals surface area contributed by atoms with Crippen molar-refractivity contribution < 1.29 is 10.2 Å². The molecular weight excluding hydrogens is 472 g/mol. The van der Waals surface area contributed by atoms with Crippen LogP contribution in [0, 0.1) is 23.7 Å². The zero-order chi connectivity index (χ0) is 26.5. The van der Waals surface area contributed by atoms with Gasteiger partial charge in [-0.15, -0.1) is 18.2 Å². The molecule has 1 heterocycles. The van der Waals surface area contributed by atoms with Gasteiger partial charge in [0.15, 0.2) is 0 Å². The normalized spacial score (nSPS) is 24.5. The molecule has 3 heteroatoms. The first kappa shape index (κ1) is 28.0. The number of fused-ring (bicyclic) bond motifs is 2. The summed E-state index contributed by atoms with van der Waals surface area (Å²) in [5.74, 6) is 5.23. The quantitative estimate of drug-likeness (QED) is 0.205. The number of thioether (sulfide) groups is 1. The number of hydrogen-bond acceptors (Lipinski definition) is 3. The molecule has 0 saturated heterocycles. The van der Waals surface area contributed by atoms with Crippen molar-refractivity contribution in [2.75, 3.05) is 5.75 Å². The third-order valence-electron chi connectivity index (χ3n) is 9.23. The molecule has 1 saturated carbocycles. The Kier molecular flexibility index (Phi) is 8.90. The number of phenolic OH excluding ortho intramolecular Hbond substituents is 2. The summed E-state index contributed by atoms with van der Waals surface area (Å²) in [6, 6.07) is 13.4. The molecule has 2 aliphatic rings. The van der Waals surface area contributed by atoms with Gasteiger partial charge in [0, 0.05) is 16.1 Å². The van der Waals surface area contributed by atoms with Crippen LogP contribution < -0.4 is 0 Å². The lowest BCUT2D eigenvalue weighted by molar-refractivity contribution is 0.285. The van der Waals surface area contributed by atoms with Gasteiger partial charge in [-0.05, 0) is 72.4 Å². The molecule has 1 spiro atoms. The Morgan fingerprint density at radius 3 is 2.27 bits per heavy atom. The third kappa shape index (κ3) is 5.85. The van der Waals surface area contributed by atoms with Crippen molar-refractivity contribution in [1.29, 1.82) is 0 Å². The molecule has 0 radical (unpaired) electrons. The van der Waals surface area contributed by atoms with Crippen LogP contribution in [-0.2, 0) is 10.8 Å². The predicted molar refractivity (Wildman–Crippen MR) is 157 cm³/mol. The fourth-order valence-electron chi connectivity index (χ4n) is 6.90. The van der Waals surface area contributed by atoms with Crippen molar-refractivity contribution in [3.05, 3.63) is 53.6 Å². The maximum absolute atomic E-state index is 10.1. The van der Waals surface area contributed by atoms with Gasteiger partial charge in [-0.3, -0.25) is 0 Å². The standard InChI is InChI=1S/C34H46O2S/c1-5-7-21-32(3,4)22-13-11-9-8-10-12-14-27-24-34(27)30-20-19-29(36)23-31(30)37-25-33(34,6-2)26-15-17-28(35)18-16-26/h2,15-20,23,27,35-36H,5,7-14,21-22,24-25H2,1,3-4H3/t27?,33-,34?/m1/s1. The average Bonchev–Trinajstić information content (AvgIpc) is 3.60.